The van der Waals surface area contributed by atoms with Crippen molar-refractivity contribution < 1.29 is 22.7 Å². The van der Waals surface area contributed by atoms with E-state index in [-0.39, 0.29) is 47.0 Å². The van der Waals surface area contributed by atoms with Crippen LogP contribution in [0.25, 0.3) is 0 Å². The van der Waals surface area contributed by atoms with E-state index in [4.69, 9.17) is 16.3 Å². The summed E-state index contributed by atoms with van der Waals surface area (Å²) in [6.07, 6.45) is -4.82. The molecule has 0 spiro atoms. The van der Waals surface area contributed by atoms with Crippen molar-refractivity contribution in [3.63, 3.8) is 0 Å². The van der Waals surface area contributed by atoms with E-state index in [1.807, 2.05) is 13.8 Å². The van der Waals surface area contributed by atoms with Crippen LogP contribution in [-0.4, -0.2) is 56.3 Å². The van der Waals surface area contributed by atoms with Gasteiger partial charge < -0.3 is 21.2 Å². The molecule has 2 rings (SSSR count). The number of amides is 1. The van der Waals surface area contributed by atoms with Crippen LogP contribution in [0.4, 0.5) is 24.7 Å². The highest BCUT2D eigenvalue weighted by Gasteiger charge is 2.38. The molecule has 0 radical (unpaired) electrons. The number of thioether (sulfide) groups is 1. The van der Waals surface area contributed by atoms with E-state index >= 15 is 0 Å². The number of aromatic nitrogens is 5. The maximum atomic E-state index is 12.9. The molecule has 12 nitrogen and oxygen atoms in total. The highest BCUT2D eigenvalue weighted by Crippen LogP contribution is 2.29. The summed E-state index contributed by atoms with van der Waals surface area (Å²) in [5.74, 6) is 2.58. The van der Waals surface area contributed by atoms with E-state index in [1.165, 1.54) is 7.11 Å². The zero-order chi connectivity index (χ0) is 24.2. The molecule has 178 valence electrons. The van der Waals surface area contributed by atoms with Crippen LogP contribution in [0.2, 0.25) is 0 Å². The second-order valence-electron chi connectivity index (χ2n) is 7.00. The summed E-state index contributed by atoms with van der Waals surface area (Å²) in [6.45, 7) is 3.76. The van der Waals surface area contributed by atoms with Crippen molar-refractivity contribution in [2.24, 2.45) is 5.92 Å². The van der Waals surface area contributed by atoms with E-state index < -0.39 is 34.9 Å². The number of rotatable bonds is 9. The lowest BCUT2D eigenvalue weighted by atomic mass is 10.2. The lowest BCUT2D eigenvalue weighted by molar-refractivity contribution is -0.146. The third kappa shape index (κ3) is 5.61. The van der Waals surface area contributed by atoms with Gasteiger partial charge >= 0.3 is 11.9 Å². The number of hydrogen-bond acceptors (Lipinski definition) is 9. The Morgan fingerprint density at radius 2 is 1.97 bits per heavy atom. The molecular weight excluding hydrogens is 457 g/mol. The Balaban J connectivity index is 2.37. The normalized spacial score (nSPS) is 11.8. The van der Waals surface area contributed by atoms with Crippen molar-refractivity contribution in [2.75, 3.05) is 42.5 Å². The Kier molecular flexibility index (Phi) is 7.95. The summed E-state index contributed by atoms with van der Waals surface area (Å²) in [4.78, 5) is 40.7. The zero-order valence-electron chi connectivity index (χ0n) is 17.5. The number of hydrogen-bond donors (Lipinski definition) is 3. The van der Waals surface area contributed by atoms with Gasteiger partial charge in [-0.3, -0.25) is 19.1 Å². The SMILES string of the molecule is COCCN(C(=O)CSc1nnc(C(F)(F)F)n1N)c1c(N)n(CC(C)C)c(=O)[nH]c1=O. The van der Waals surface area contributed by atoms with Crippen LogP contribution in [0.5, 0.6) is 0 Å². The minimum Gasteiger partial charge on any atom is -0.383 e. The molecule has 0 atom stereocenters. The number of nitrogens with zero attached hydrogens (tertiary/aromatic N) is 5. The third-order valence-corrected chi connectivity index (χ3v) is 5.02. The van der Waals surface area contributed by atoms with Gasteiger partial charge in [-0.2, -0.15) is 13.2 Å². The second-order valence-corrected chi connectivity index (χ2v) is 7.94. The molecule has 16 heteroatoms. The molecule has 0 aromatic carbocycles. The summed E-state index contributed by atoms with van der Waals surface area (Å²) < 4.78 is 44.8. The lowest BCUT2D eigenvalue weighted by Gasteiger charge is -2.24. The number of nitrogen functional groups attached to an aromatic ring is 2. The van der Waals surface area contributed by atoms with E-state index in [9.17, 15) is 27.6 Å². The minimum absolute atomic E-state index is 0.00572. The lowest BCUT2D eigenvalue weighted by Crippen LogP contribution is -2.43. The topological polar surface area (TPSA) is 167 Å². The highest BCUT2D eigenvalue weighted by atomic mass is 32.2. The molecule has 0 aliphatic carbocycles. The Hall–Kier alpha value is -3.01. The van der Waals surface area contributed by atoms with Gasteiger partial charge in [0.05, 0.1) is 12.4 Å². The first-order valence-electron chi connectivity index (χ1n) is 9.20. The fraction of sp³-hybridized carbons (Fsp3) is 0.562. The van der Waals surface area contributed by atoms with Gasteiger partial charge in [0.1, 0.15) is 5.82 Å². The standard InChI is InChI=1S/C16H23F3N8O4S/c1-8(2)6-26-11(20)10(12(29)22-14(26)30)25(4-5-31-3)9(28)7-32-15-24-23-13(27(15)21)16(17,18)19/h8H,4-7,20-21H2,1-3H3,(H,22,29,30). The van der Waals surface area contributed by atoms with Crippen LogP contribution in [0.3, 0.4) is 0 Å². The summed E-state index contributed by atoms with van der Waals surface area (Å²) in [5, 5.41) is 5.96. The van der Waals surface area contributed by atoms with E-state index in [0.29, 0.717) is 11.8 Å². The van der Waals surface area contributed by atoms with E-state index in [2.05, 4.69) is 15.2 Å². The number of ether oxygens (including phenoxy) is 1. The van der Waals surface area contributed by atoms with Gasteiger partial charge in [0.2, 0.25) is 11.1 Å². The number of methoxy groups -OCH3 is 1. The average Bonchev–Trinajstić information content (AvgIpc) is 3.06. The maximum Gasteiger partial charge on any atom is 0.453 e. The third-order valence-electron chi connectivity index (χ3n) is 4.09. The molecule has 0 aliphatic heterocycles. The molecule has 5 N–H and O–H groups in total. The smallest absolute Gasteiger partial charge is 0.383 e. The Morgan fingerprint density at radius 3 is 2.50 bits per heavy atom. The second kappa shape index (κ2) is 10.1. The van der Waals surface area contributed by atoms with Crippen LogP contribution in [-0.2, 0) is 22.3 Å². The first kappa shape index (κ1) is 25.3. The molecule has 2 aromatic heterocycles. The van der Waals surface area contributed by atoms with E-state index in [0.717, 1.165) is 9.47 Å². The van der Waals surface area contributed by atoms with Crippen molar-refractivity contribution in [1.29, 1.82) is 0 Å². The van der Waals surface area contributed by atoms with Gasteiger partial charge in [0.15, 0.2) is 5.69 Å². The molecule has 0 saturated carbocycles. The molecule has 0 aliphatic rings. The summed E-state index contributed by atoms with van der Waals surface area (Å²) >= 11 is 0.589. The molecule has 0 saturated heterocycles. The first-order chi connectivity index (χ1) is 14.9. The monoisotopic (exact) mass is 480 g/mol. The summed E-state index contributed by atoms with van der Waals surface area (Å²) in [7, 11) is 1.38. The van der Waals surface area contributed by atoms with Gasteiger partial charge in [-0.25, -0.2) is 9.47 Å². The van der Waals surface area contributed by atoms with Crippen molar-refractivity contribution in [3.05, 3.63) is 26.7 Å². The number of alkyl halides is 3. The Morgan fingerprint density at radius 1 is 1.31 bits per heavy atom. The number of nitrogens with one attached hydrogen (secondary N) is 1. The Bertz CT molecular complexity index is 1080. The Labute approximate surface area is 183 Å². The van der Waals surface area contributed by atoms with Crippen LogP contribution in [0.15, 0.2) is 14.7 Å². The predicted molar refractivity (Wildman–Crippen MR) is 111 cm³/mol. The minimum atomic E-state index is -4.82. The van der Waals surface area contributed by atoms with Gasteiger partial charge in [0, 0.05) is 20.2 Å². The summed E-state index contributed by atoms with van der Waals surface area (Å²) in [6, 6.07) is 0. The molecule has 2 heterocycles. The van der Waals surface area contributed by atoms with Gasteiger partial charge in [0.25, 0.3) is 11.4 Å². The summed E-state index contributed by atoms with van der Waals surface area (Å²) in [5.41, 5.74) is 4.18. The maximum absolute atomic E-state index is 12.9. The number of H-pyrrole nitrogens is 1. The fourth-order valence-corrected chi connectivity index (χ4v) is 3.43. The largest absolute Gasteiger partial charge is 0.453 e. The van der Waals surface area contributed by atoms with Crippen molar-refractivity contribution >= 4 is 29.2 Å². The van der Waals surface area contributed by atoms with Crippen LogP contribution < -0.4 is 27.7 Å². The highest BCUT2D eigenvalue weighted by molar-refractivity contribution is 7.99. The number of carbonyl (C=O) groups excluding carboxylic acids is 1. The molecular formula is C16H23F3N8O4S. The number of halogens is 3. The number of aromatic amines is 1. The quantitative estimate of drug-likeness (QED) is 0.327. The number of carbonyl (C=O) groups is 1. The van der Waals surface area contributed by atoms with Crippen molar-refractivity contribution in [3.8, 4) is 0 Å². The molecule has 32 heavy (non-hydrogen) atoms. The van der Waals surface area contributed by atoms with Crippen LogP contribution >= 0.6 is 11.8 Å². The number of anilines is 2. The average molecular weight is 480 g/mol. The van der Waals surface area contributed by atoms with E-state index in [1.54, 1.807) is 0 Å². The fourth-order valence-electron chi connectivity index (χ4n) is 2.70. The number of nitrogens with two attached hydrogens (primary N) is 2. The molecule has 0 fully saturated rings. The predicted octanol–water partition coefficient (Wildman–Crippen LogP) is -0.129. The first-order valence-corrected chi connectivity index (χ1v) is 10.2. The van der Waals surface area contributed by atoms with Gasteiger partial charge in [-0.1, -0.05) is 25.6 Å². The molecule has 0 unspecified atom stereocenters. The zero-order valence-corrected chi connectivity index (χ0v) is 18.3. The van der Waals surface area contributed by atoms with Crippen molar-refractivity contribution in [2.45, 2.75) is 31.7 Å². The van der Waals surface area contributed by atoms with Gasteiger partial charge in [-0.15, -0.1) is 10.2 Å². The molecule has 1 amide bonds. The van der Waals surface area contributed by atoms with Crippen LogP contribution in [0, 0.1) is 5.92 Å². The molecule has 0 bridgehead atoms. The van der Waals surface area contributed by atoms with Gasteiger partial charge in [-0.05, 0) is 5.92 Å². The van der Waals surface area contributed by atoms with Crippen LogP contribution in [0.1, 0.15) is 19.7 Å². The van der Waals surface area contributed by atoms with Crippen molar-refractivity contribution in [1.82, 2.24) is 24.4 Å². The molecule has 2 aromatic rings.